The fourth-order valence-electron chi connectivity index (χ4n) is 4.08. The van der Waals surface area contributed by atoms with Gasteiger partial charge in [-0.05, 0) is 25.0 Å². The first-order chi connectivity index (χ1) is 14.2. The lowest BCUT2D eigenvalue weighted by Crippen LogP contribution is -2.47. The fraction of sp³-hybridized carbons (Fsp3) is 0.450. The van der Waals surface area contributed by atoms with Gasteiger partial charge in [-0.2, -0.15) is 0 Å². The molecule has 1 aromatic carbocycles. The van der Waals surface area contributed by atoms with E-state index in [0.717, 1.165) is 55.0 Å². The Balaban J connectivity index is 1.20. The van der Waals surface area contributed by atoms with E-state index >= 15 is 0 Å². The van der Waals surface area contributed by atoms with Crippen molar-refractivity contribution in [2.75, 3.05) is 37.6 Å². The van der Waals surface area contributed by atoms with Crippen LogP contribution in [0.5, 0.6) is 0 Å². The van der Waals surface area contributed by atoms with Crippen LogP contribution >= 0.6 is 0 Å². The minimum atomic E-state index is 0.0767. The molecule has 0 aliphatic carbocycles. The third-order valence-corrected chi connectivity index (χ3v) is 5.66. The molecule has 1 N–H and O–H groups in total. The molecule has 5 rings (SSSR count). The number of hydrogen-bond donors (Lipinski definition) is 1. The van der Waals surface area contributed by atoms with Crippen molar-refractivity contribution in [3.8, 4) is 0 Å². The molecule has 4 heterocycles. The smallest absolute Gasteiger partial charge is 0.234 e. The van der Waals surface area contributed by atoms with Gasteiger partial charge in [0.1, 0.15) is 5.82 Å². The summed E-state index contributed by atoms with van der Waals surface area (Å²) in [5.41, 5.74) is 2.77. The van der Waals surface area contributed by atoms with Gasteiger partial charge in [0.05, 0.1) is 41.7 Å². The van der Waals surface area contributed by atoms with Gasteiger partial charge < -0.3 is 10.2 Å². The molecule has 1 amide bonds. The monoisotopic (exact) mass is 392 g/mol. The van der Waals surface area contributed by atoms with E-state index in [-0.39, 0.29) is 5.91 Å². The number of hydrogen-bond acceptors (Lipinski definition) is 7. The van der Waals surface area contributed by atoms with Crippen LogP contribution < -0.4 is 10.2 Å². The van der Waals surface area contributed by atoms with E-state index in [1.54, 1.807) is 0 Å². The summed E-state index contributed by atoms with van der Waals surface area (Å²) in [6.45, 7) is 4.47. The number of benzene rings is 1. The van der Waals surface area contributed by atoms with Crippen LogP contribution in [0.2, 0.25) is 0 Å². The van der Waals surface area contributed by atoms with Gasteiger partial charge in [-0.25, -0.2) is 9.67 Å². The van der Waals surface area contributed by atoms with E-state index in [2.05, 4.69) is 30.4 Å². The van der Waals surface area contributed by atoms with Crippen molar-refractivity contribution in [3.63, 3.8) is 0 Å². The van der Waals surface area contributed by atoms with Gasteiger partial charge in [0.25, 0.3) is 0 Å². The Hall–Kier alpha value is -3.07. The first-order valence-corrected chi connectivity index (χ1v) is 10.1. The molecule has 0 spiro atoms. The van der Waals surface area contributed by atoms with Crippen molar-refractivity contribution in [1.29, 1.82) is 0 Å². The average Bonchev–Trinajstić information content (AvgIpc) is 3.22. The van der Waals surface area contributed by atoms with Gasteiger partial charge in [-0.15, -0.1) is 5.10 Å². The number of para-hydroxylation sites is 2. The summed E-state index contributed by atoms with van der Waals surface area (Å²) < 4.78 is 1.99. The number of fused-ring (bicyclic) bond motifs is 1. The molecular formula is C20H24N8O. The first kappa shape index (κ1) is 18.0. The summed E-state index contributed by atoms with van der Waals surface area (Å²) in [6, 6.07) is 8.30. The zero-order chi connectivity index (χ0) is 19.6. The van der Waals surface area contributed by atoms with Crippen LogP contribution in [0.3, 0.4) is 0 Å². The minimum absolute atomic E-state index is 0.0767. The summed E-state index contributed by atoms with van der Waals surface area (Å²) >= 11 is 0. The van der Waals surface area contributed by atoms with Crippen LogP contribution in [-0.4, -0.2) is 68.5 Å². The number of rotatable bonds is 4. The molecule has 9 nitrogen and oxygen atoms in total. The van der Waals surface area contributed by atoms with Crippen LogP contribution in [0.1, 0.15) is 24.6 Å². The predicted octanol–water partition coefficient (Wildman–Crippen LogP) is 0.995. The molecule has 29 heavy (non-hydrogen) atoms. The lowest BCUT2D eigenvalue weighted by Gasteiger charge is -2.32. The van der Waals surface area contributed by atoms with Crippen molar-refractivity contribution in [3.05, 3.63) is 42.4 Å². The predicted molar refractivity (Wildman–Crippen MR) is 108 cm³/mol. The molecule has 9 heteroatoms. The number of nitrogens with zero attached hydrogens (tertiary/aromatic N) is 7. The van der Waals surface area contributed by atoms with Crippen molar-refractivity contribution in [2.45, 2.75) is 25.4 Å². The lowest BCUT2D eigenvalue weighted by atomic mass is 10.1. The van der Waals surface area contributed by atoms with E-state index in [4.69, 9.17) is 4.98 Å². The number of nitrogens with one attached hydrogen (secondary N) is 1. The highest BCUT2D eigenvalue weighted by Crippen LogP contribution is 2.25. The molecule has 2 aliphatic heterocycles. The highest BCUT2D eigenvalue weighted by Gasteiger charge is 2.24. The zero-order valence-electron chi connectivity index (χ0n) is 16.2. The largest absolute Gasteiger partial charge is 0.355 e. The van der Waals surface area contributed by atoms with E-state index < -0.39 is 0 Å². The minimum Gasteiger partial charge on any atom is -0.355 e. The Labute approximate surface area is 168 Å². The summed E-state index contributed by atoms with van der Waals surface area (Å²) in [6.07, 6.45) is 5.88. The molecule has 0 radical (unpaired) electrons. The van der Waals surface area contributed by atoms with Gasteiger partial charge in [0, 0.05) is 32.7 Å². The van der Waals surface area contributed by atoms with Crippen molar-refractivity contribution in [2.24, 2.45) is 0 Å². The fourth-order valence-corrected chi connectivity index (χ4v) is 4.08. The molecule has 3 aromatic rings. The molecule has 2 saturated heterocycles. The molecular weight excluding hydrogens is 368 g/mol. The van der Waals surface area contributed by atoms with Crippen LogP contribution in [0.15, 0.2) is 36.7 Å². The van der Waals surface area contributed by atoms with Crippen molar-refractivity contribution >= 4 is 22.8 Å². The highest BCUT2D eigenvalue weighted by molar-refractivity contribution is 5.78. The SMILES string of the molecule is O=C1CN(Cc2cn(C3CCN(c4cnc5ccccc5n4)CC3)nn2)CCN1. The Morgan fingerprint density at radius 2 is 1.93 bits per heavy atom. The topological polar surface area (TPSA) is 92.1 Å². The molecule has 0 unspecified atom stereocenters. The first-order valence-electron chi connectivity index (χ1n) is 10.1. The van der Waals surface area contributed by atoms with E-state index in [1.807, 2.05) is 41.3 Å². The Morgan fingerprint density at radius 3 is 2.76 bits per heavy atom. The third-order valence-electron chi connectivity index (χ3n) is 5.66. The molecule has 2 aliphatic rings. The van der Waals surface area contributed by atoms with E-state index in [9.17, 15) is 4.79 Å². The molecule has 0 saturated carbocycles. The Bertz CT molecular complexity index is 1010. The van der Waals surface area contributed by atoms with Crippen LogP contribution in [0.25, 0.3) is 11.0 Å². The maximum atomic E-state index is 11.5. The molecule has 0 bridgehead atoms. The zero-order valence-corrected chi connectivity index (χ0v) is 16.2. The second kappa shape index (κ2) is 7.75. The highest BCUT2D eigenvalue weighted by atomic mass is 16.2. The normalized spacial score (nSPS) is 18.9. The van der Waals surface area contributed by atoms with Crippen LogP contribution in [0, 0.1) is 0 Å². The lowest BCUT2D eigenvalue weighted by molar-refractivity contribution is -0.124. The second-order valence-electron chi connectivity index (χ2n) is 7.69. The molecule has 2 fully saturated rings. The second-order valence-corrected chi connectivity index (χ2v) is 7.69. The number of anilines is 1. The molecule has 0 atom stereocenters. The number of carbonyl (C=O) groups excluding carboxylic acids is 1. The summed E-state index contributed by atoms with van der Waals surface area (Å²) in [5.74, 6) is 1.01. The van der Waals surface area contributed by atoms with E-state index in [1.165, 1.54) is 0 Å². The number of carbonyl (C=O) groups is 1. The van der Waals surface area contributed by atoms with Crippen molar-refractivity contribution in [1.82, 2.24) is 35.2 Å². The molecule has 2 aromatic heterocycles. The summed E-state index contributed by atoms with van der Waals surface area (Å²) in [7, 11) is 0. The average molecular weight is 392 g/mol. The van der Waals surface area contributed by atoms with Gasteiger partial charge in [0.15, 0.2) is 0 Å². The summed E-state index contributed by atoms with van der Waals surface area (Å²) in [4.78, 5) is 25.2. The van der Waals surface area contributed by atoms with Crippen LogP contribution in [0.4, 0.5) is 5.82 Å². The van der Waals surface area contributed by atoms with E-state index in [0.29, 0.717) is 25.7 Å². The maximum Gasteiger partial charge on any atom is 0.234 e. The Kier molecular flexibility index (Phi) is 4.81. The van der Waals surface area contributed by atoms with Gasteiger partial charge >= 0.3 is 0 Å². The molecule has 150 valence electrons. The standard InChI is InChI=1S/C20H24N8O/c29-20-14-26(10-7-21-20)12-15-13-28(25-24-15)16-5-8-27(9-6-16)19-11-22-17-3-1-2-4-18(17)23-19/h1-4,11,13,16H,5-10,12,14H2,(H,21,29). The van der Waals surface area contributed by atoms with Gasteiger partial charge in [0.2, 0.25) is 5.91 Å². The maximum absolute atomic E-state index is 11.5. The summed E-state index contributed by atoms with van der Waals surface area (Å²) in [5, 5.41) is 11.5. The third kappa shape index (κ3) is 3.91. The quantitative estimate of drug-likeness (QED) is 0.708. The number of amides is 1. The van der Waals surface area contributed by atoms with Gasteiger partial charge in [-0.3, -0.25) is 14.7 Å². The number of piperazine rings is 1. The van der Waals surface area contributed by atoms with Gasteiger partial charge in [-0.1, -0.05) is 17.3 Å². The number of piperidine rings is 1. The van der Waals surface area contributed by atoms with Crippen LogP contribution in [-0.2, 0) is 11.3 Å². The van der Waals surface area contributed by atoms with Crippen molar-refractivity contribution < 1.29 is 4.79 Å². The number of aromatic nitrogens is 5. The Morgan fingerprint density at radius 1 is 1.10 bits per heavy atom.